The largest absolute Gasteiger partial charge is 0.343 e. The molecule has 0 bridgehead atoms. The number of pyridine rings is 1. The first kappa shape index (κ1) is 26.3. The molecule has 0 spiro atoms. The van der Waals surface area contributed by atoms with Gasteiger partial charge >= 0.3 is 0 Å². The monoisotopic (exact) mass is 680 g/mol. The predicted molar refractivity (Wildman–Crippen MR) is 151 cm³/mol. The molecule has 6 nitrogen and oxygen atoms in total. The molecular formula is C27H31Br3N4O2. The molecular weight excluding hydrogens is 652 g/mol. The Hall–Kier alpha value is -1.29. The zero-order valence-electron chi connectivity index (χ0n) is 20.5. The summed E-state index contributed by atoms with van der Waals surface area (Å²) < 4.78 is 3.19. The highest BCUT2D eigenvalue weighted by Gasteiger charge is 2.35. The number of hydrogen-bond donors (Lipinski definition) is 0. The molecule has 3 heterocycles. The number of fused-ring (bicyclic) bond motifs is 2. The second-order valence-corrected chi connectivity index (χ2v) is 12.8. The number of amides is 2. The third kappa shape index (κ3) is 5.59. The summed E-state index contributed by atoms with van der Waals surface area (Å²) in [5.74, 6) is 0.770. The highest BCUT2D eigenvalue weighted by atomic mass is 79.9. The Bertz CT molecular complexity index is 1160. The molecule has 2 saturated heterocycles. The standard InChI is InChI=1S/C27H31Br3N4O2/c1-17(35)32-6-4-18(5-7-32)12-24(36)33-8-10-34(11-9-33)27-25-19(13-21(28)15-23(25)30)2-3-20-14-22(29)16-31-26(20)27/h13-16,18,27H,2-12H2,1H3. The Balaban J connectivity index is 1.31. The van der Waals surface area contributed by atoms with Crippen molar-refractivity contribution in [3.8, 4) is 0 Å². The number of hydrogen-bond acceptors (Lipinski definition) is 4. The number of piperidine rings is 1. The first-order valence-corrected chi connectivity index (χ1v) is 15.1. The normalized spacial score (nSPS) is 21.1. The predicted octanol–water partition coefficient (Wildman–Crippen LogP) is 5.35. The summed E-state index contributed by atoms with van der Waals surface area (Å²) in [5, 5.41) is 0. The summed E-state index contributed by atoms with van der Waals surface area (Å²) in [6.07, 6.45) is 6.26. The molecule has 1 atom stereocenters. The number of aromatic nitrogens is 1. The summed E-state index contributed by atoms with van der Waals surface area (Å²) >= 11 is 11.1. The third-order valence-corrected chi connectivity index (χ3v) is 9.45. The van der Waals surface area contributed by atoms with Gasteiger partial charge in [-0.25, -0.2) is 0 Å². The zero-order chi connectivity index (χ0) is 25.4. The first-order valence-electron chi connectivity index (χ1n) is 12.7. The van der Waals surface area contributed by atoms with Gasteiger partial charge in [0, 0.05) is 72.2 Å². The van der Waals surface area contributed by atoms with Crippen molar-refractivity contribution >= 4 is 59.6 Å². The van der Waals surface area contributed by atoms with Crippen molar-refractivity contribution in [2.45, 2.75) is 45.1 Å². The lowest BCUT2D eigenvalue weighted by Crippen LogP contribution is -2.50. The van der Waals surface area contributed by atoms with E-state index < -0.39 is 0 Å². The summed E-state index contributed by atoms with van der Waals surface area (Å²) in [6, 6.07) is 6.64. The lowest BCUT2D eigenvalue weighted by atomic mass is 9.92. The molecule has 1 aromatic carbocycles. The van der Waals surface area contributed by atoms with Gasteiger partial charge in [0.15, 0.2) is 0 Å². The molecule has 1 unspecified atom stereocenters. The maximum atomic E-state index is 13.1. The van der Waals surface area contributed by atoms with Gasteiger partial charge in [0.25, 0.3) is 0 Å². The fourth-order valence-corrected chi connectivity index (χ4v) is 7.82. The van der Waals surface area contributed by atoms with Crippen LogP contribution in [0.3, 0.4) is 0 Å². The molecule has 2 aliphatic heterocycles. The minimum absolute atomic E-state index is 0.0567. The number of carbonyl (C=O) groups excluding carboxylic acids is 2. The molecule has 2 amide bonds. The molecule has 0 N–H and O–H groups in total. The number of benzene rings is 1. The topological polar surface area (TPSA) is 56.8 Å². The van der Waals surface area contributed by atoms with Gasteiger partial charge in [-0.3, -0.25) is 19.5 Å². The molecule has 3 aliphatic rings. The van der Waals surface area contributed by atoms with Crippen LogP contribution in [0.25, 0.3) is 0 Å². The van der Waals surface area contributed by atoms with E-state index in [0.717, 1.165) is 84.1 Å². The van der Waals surface area contributed by atoms with E-state index in [4.69, 9.17) is 4.98 Å². The van der Waals surface area contributed by atoms with Crippen LogP contribution in [0.15, 0.2) is 37.8 Å². The van der Waals surface area contributed by atoms with Crippen molar-refractivity contribution in [2.24, 2.45) is 5.92 Å². The minimum Gasteiger partial charge on any atom is -0.343 e. The number of likely N-dealkylation sites (tertiary alicyclic amines) is 1. The number of nitrogens with zero attached hydrogens (tertiary/aromatic N) is 4. The fourth-order valence-electron chi connectivity index (χ4n) is 5.91. The van der Waals surface area contributed by atoms with Gasteiger partial charge in [-0.05, 0) is 82.4 Å². The van der Waals surface area contributed by atoms with Gasteiger partial charge in [-0.15, -0.1) is 0 Å². The molecule has 192 valence electrons. The van der Waals surface area contributed by atoms with Crippen LogP contribution in [-0.2, 0) is 22.4 Å². The zero-order valence-corrected chi connectivity index (χ0v) is 25.2. The van der Waals surface area contributed by atoms with Crippen molar-refractivity contribution < 1.29 is 9.59 Å². The minimum atomic E-state index is 0.0567. The number of aryl methyl sites for hydroxylation is 2. The Morgan fingerprint density at radius 2 is 1.56 bits per heavy atom. The third-order valence-electron chi connectivity index (χ3n) is 7.90. The first-order chi connectivity index (χ1) is 17.3. The molecule has 1 aromatic heterocycles. The SMILES string of the molecule is CC(=O)N1CCC(CC(=O)N2CCN(C3c4ncc(Br)cc4CCc4cc(Br)cc(Br)c43)CC2)CC1. The fraction of sp³-hybridized carbons (Fsp3) is 0.519. The van der Waals surface area contributed by atoms with Crippen molar-refractivity contribution in [3.05, 3.63) is 60.2 Å². The van der Waals surface area contributed by atoms with E-state index in [2.05, 4.69) is 70.9 Å². The van der Waals surface area contributed by atoms with Crippen LogP contribution in [0.5, 0.6) is 0 Å². The van der Waals surface area contributed by atoms with Crippen molar-refractivity contribution in [3.63, 3.8) is 0 Å². The smallest absolute Gasteiger partial charge is 0.222 e. The molecule has 5 rings (SSSR count). The van der Waals surface area contributed by atoms with Gasteiger partial charge in [0.1, 0.15) is 0 Å². The Morgan fingerprint density at radius 3 is 2.25 bits per heavy atom. The average Bonchev–Trinajstić information content (AvgIpc) is 3.01. The molecule has 36 heavy (non-hydrogen) atoms. The van der Waals surface area contributed by atoms with E-state index in [1.807, 2.05) is 16.0 Å². The van der Waals surface area contributed by atoms with E-state index in [1.54, 1.807) is 6.92 Å². The van der Waals surface area contributed by atoms with Gasteiger partial charge in [0.2, 0.25) is 11.8 Å². The van der Waals surface area contributed by atoms with E-state index >= 15 is 0 Å². The molecule has 2 fully saturated rings. The van der Waals surface area contributed by atoms with E-state index in [0.29, 0.717) is 12.3 Å². The van der Waals surface area contributed by atoms with E-state index in [1.165, 1.54) is 16.7 Å². The number of piperazine rings is 1. The number of halogens is 3. The van der Waals surface area contributed by atoms with Crippen LogP contribution in [0.2, 0.25) is 0 Å². The van der Waals surface area contributed by atoms with E-state index in [-0.39, 0.29) is 17.9 Å². The Labute approximate surface area is 238 Å². The van der Waals surface area contributed by atoms with Crippen molar-refractivity contribution in [1.29, 1.82) is 0 Å². The van der Waals surface area contributed by atoms with Crippen LogP contribution >= 0.6 is 47.8 Å². The van der Waals surface area contributed by atoms with Gasteiger partial charge < -0.3 is 9.80 Å². The highest BCUT2D eigenvalue weighted by Crippen LogP contribution is 2.42. The van der Waals surface area contributed by atoms with Crippen LogP contribution in [0.1, 0.15) is 54.6 Å². The molecule has 1 aliphatic carbocycles. The molecule has 0 radical (unpaired) electrons. The molecule has 0 saturated carbocycles. The molecule has 2 aromatic rings. The quantitative estimate of drug-likeness (QED) is 0.438. The Morgan fingerprint density at radius 1 is 0.889 bits per heavy atom. The van der Waals surface area contributed by atoms with Crippen molar-refractivity contribution in [2.75, 3.05) is 39.3 Å². The lowest BCUT2D eigenvalue weighted by molar-refractivity contribution is -0.135. The Kier molecular flexibility index (Phi) is 8.20. The van der Waals surface area contributed by atoms with Crippen molar-refractivity contribution in [1.82, 2.24) is 19.7 Å². The second-order valence-electron chi connectivity index (χ2n) is 10.1. The van der Waals surface area contributed by atoms with Gasteiger partial charge in [-0.2, -0.15) is 0 Å². The summed E-state index contributed by atoms with van der Waals surface area (Å²) in [6.45, 7) is 6.28. The summed E-state index contributed by atoms with van der Waals surface area (Å²) in [7, 11) is 0. The van der Waals surface area contributed by atoms with E-state index in [9.17, 15) is 9.59 Å². The number of rotatable bonds is 3. The lowest BCUT2D eigenvalue weighted by Gasteiger charge is -2.40. The van der Waals surface area contributed by atoms with Crippen LogP contribution < -0.4 is 0 Å². The highest BCUT2D eigenvalue weighted by molar-refractivity contribution is 9.11. The van der Waals surface area contributed by atoms with Crippen LogP contribution in [0, 0.1) is 5.92 Å². The average molecular weight is 683 g/mol. The maximum Gasteiger partial charge on any atom is 0.222 e. The van der Waals surface area contributed by atoms with Crippen LogP contribution in [0.4, 0.5) is 0 Å². The maximum absolute atomic E-state index is 13.1. The summed E-state index contributed by atoms with van der Waals surface area (Å²) in [5.41, 5.74) is 5.04. The number of carbonyl (C=O) groups is 2. The van der Waals surface area contributed by atoms with Gasteiger partial charge in [-0.1, -0.05) is 31.9 Å². The van der Waals surface area contributed by atoms with Crippen LogP contribution in [-0.4, -0.2) is 70.8 Å². The second kappa shape index (κ2) is 11.2. The summed E-state index contributed by atoms with van der Waals surface area (Å²) in [4.78, 5) is 36.1. The van der Waals surface area contributed by atoms with Gasteiger partial charge in [0.05, 0.1) is 11.7 Å². The molecule has 9 heteroatoms.